The fourth-order valence-electron chi connectivity index (χ4n) is 2.16. The minimum absolute atomic E-state index is 0.486. The van der Waals surface area contributed by atoms with Crippen LogP contribution in [0.5, 0.6) is 6.01 Å². The summed E-state index contributed by atoms with van der Waals surface area (Å²) in [6, 6.07) is 1.19. The van der Waals surface area contributed by atoms with Gasteiger partial charge >= 0.3 is 6.01 Å². The third-order valence-corrected chi connectivity index (χ3v) is 3.69. The molecule has 1 aromatic heterocycles. The first kappa shape index (κ1) is 12.8. The molecule has 5 heteroatoms. The second-order valence-corrected chi connectivity index (χ2v) is 5.46. The molecule has 1 unspecified atom stereocenters. The quantitative estimate of drug-likeness (QED) is 0.842. The van der Waals surface area contributed by atoms with Gasteiger partial charge in [-0.05, 0) is 26.2 Å². The van der Waals surface area contributed by atoms with Crippen LogP contribution in [0.15, 0.2) is 6.20 Å². The summed E-state index contributed by atoms with van der Waals surface area (Å²) in [4.78, 5) is 8.70. The summed E-state index contributed by atoms with van der Waals surface area (Å²) in [6.07, 6.45) is 5.54. The molecule has 5 nitrogen and oxygen atoms in total. The lowest BCUT2D eigenvalue weighted by Crippen LogP contribution is -2.17. The smallest absolute Gasteiger partial charge is 0.316 e. The van der Waals surface area contributed by atoms with E-state index < -0.39 is 0 Å². The van der Waals surface area contributed by atoms with Crippen molar-refractivity contribution in [1.82, 2.24) is 15.3 Å². The first-order valence-electron chi connectivity index (χ1n) is 7.07. The molecule has 0 bridgehead atoms. The number of aryl methyl sites for hydroxylation is 1. The van der Waals surface area contributed by atoms with E-state index in [0.717, 1.165) is 37.4 Å². The Labute approximate surface area is 113 Å². The minimum Gasteiger partial charge on any atom is -0.463 e. The molecule has 1 atom stereocenters. The van der Waals surface area contributed by atoms with Crippen LogP contribution >= 0.6 is 0 Å². The molecule has 2 heterocycles. The van der Waals surface area contributed by atoms with Crippen LogP contribution in [0.2, 0.25) is 0 Å². The third kappa shape index (κ3) is 3.64. The molecule has 1 aromatic rings. The maximum Gasteiger partial charge on any atom is 0.316 e. The zero-order chi connectivity index (χ0) is 13.1. The molecule has 3 rings (SSSR count). The lowest BCUT2D eigenvalue weighted by atomic mass is 10.1. The van der Waals surface area contributed by atoms with Crippen molar-refractivity contribution in [1.29, 1.82) is 0 Å². The van der Waals surface area contributed by atoms with E-state index in [4.69, 9.17) is 9.47 Å². The summed E-state index contributed by atoms with van der Waals surface area (Å²) in [5, 5.41) is 3.47. The van der Waals surface area contributed by atoms with Gasteiger partial charge in [0.05, 0.1) is 13.2 Å². The van der Waals surface area contributed by atoms with E-state index >= 15 is 0 Å². The fourth-order valence-corrected chi connectivity index (χ4v) is 2.16. The van der Waals surface area contributed by atoms with Crippen molar-refractivity contribution in [3.05, 3.63) is 17.5 Å². The Hall–Kier alpha value is -1.20. The maximum absolute atomic E-state index is 5.64. The Morgan fingerprint density at radius 3 is 3.00 bits per heavy atom. The Kier molecular flexibility index (Phi) is 3.94. The lowest BCUT2D eigenvalue weighted by molar-refractivity contribution is 0.163. The number of nitrogens with one attached hydrogen (secondary N) is 1. The van der Waals surface area contributed by atoms with Crippen molar-refractivity contribution < 1.29 is 9.47 Å². The van der Waals surface area contributed by atoms with Gasteiger partial charge in [-0.3, -0.25) is 0 Å². The molecule has 2 fully saturated rings. The van der Waals surface area contributed by atoms with Crippen LogP contribution in [0.3, 0.4) is 0 Å². The van der Waals surface area contributed by atoms with Gasteiger partial charge in [-0.25, -0.2) is 9.97 Å². The highest BCUT2D eigenvalue weighted by molar-refractivity contribution is 5.18. The topological polar surface area (TPSA) is 56.3 Å². The van der Waals surface area contributed by atoms with E-state index in [9.17, 15) is 0 Å². The number of aromatic nitrogens is 2. The van der Waals surface area contributed by atoms with Gasteiger partial charge in [-0.15, -0.1) is 0 Å². The normalized spacial score (nSPS) is 22.7. The van der Waals surface area contributed by atoms with Crippen LogP contribution in [0, 0.1) is 12.8 Å². The van der Waals surface area contributed by atoms with Crippen molar-refractivity contribution in [2.24, 2.45) is 5.92 Å². The molecular weight excluding hydrogens is 242 g/mol. The number of ether oxygens (including phenoxy) is 2. The zero-order valence-electron chi connectivity index (χ0n) is 11.4. The molecule has 1 N–H and O–H groups in total. The highest BCUT2D eigenvalue weighted by Gasteiger charge is 2.20. The first-order valence-corrected chi connectivity index (χ1v) is 7.07. The molecular formula is C14H21N3O2. The fraction of sp³-hybridized carbons (Fsp3) is 0.714. The van der Waals surface area contributed by atoms with Crippen LogP contribution in [-0.4, -0.2) is 35.8 Å². The van der Waals surface area contributed by atoms with Crippen LogP contribution in [-0.2, 0) is 11.3 Å². The van der Waals surface area contributed by atoms with E-state index in [1.165, 1.54) is 12.8 Å². The zero-order valence-corrected chi connectivity index (χ0v) is 11.4. The molecule has 0 amide bonds. The Balaban J connectivity index is 1.51. The Morgan fingerprint density at radius 2 is 2.32 bits per heavy atom. The van der Waals surface area contributed by atoms with Crippen molar-refractivity contribution in [3.63, 3.8) is 0 Å². The predicted molar refractivity (Wildman–Crippen MR) is 71.1 cm³/mol. The summed E-state index contributed by atoms with van der Waals surface area (Å²) in [6.45, 7) is 5.16. The summed E-state index contributed by atoms with van der Waals surface area (Å²) < 4.78 is 11.0. The second-order valence-electron chi connectivity index (χ2n) is 5.46. The van der Waals surface area contributed by atoms with E-state index in [-0.39, 0.29) is 0 Å². The first-order chi connectivity index (χ1) is 9.31. The molecule has 1 saturated carbocycles. The van der Waals surface area contributed by atoms with E-state index in [2.05, 4.69) is 15.3 Å². The SMILES string of the molecule is Cc1nc(OCC2CCOC2)ncc1CNC1CC1. The predicted octanol–water partition coefficient (Wildman–Crippen LogP) is 1.45. The third-order valence-electron chi connectivity index (χ3n) is 3.69. The second kappa shape index (κ2) is 5.84. The molecule has 104 valence electrons. The average molecular weight is 263 g/mol. The summed E-state index contributed by atoms with van der Waals surface area (Å²) in [5.41, 5.74) is 2.16. The average Bonchev–Trinajstić information content (AvgIpc) is 3.09. The van der Waals surface area contributed by atoms with Crippen molar-refractivity contribution >= 4 is 0 Å². The van der Waals surface area contributed by atoms with Gasteiger partial charge in [-0.2, -0.15) is 0 Å². The standard InChI is InChI=1S/C14H21N3O2/c1-10-12(6-15-13-2-3-13)7-16-14(17-10)19-9-11-4-5-18-8-11/h7,11,13,15H,2-6,8-9H2,1H3. The molecule has 19 heavy (non-hydrogen) atoms. The van der Waals surface area contributed by atoms with Crippen LogP contribution in [0.1, 0.15) is 30.5 Å². The van der Waals surface area contributed by atoms with Crippen molar-refractivity contribution in [2.45, 2.75) is 38.8 Å². The van der Waals surface area contributed by atoms with E-state index in [0.29, 0.717) is 24.6 Å². The van der Waals surface area contributed by atoms with Gasteiger partial charge in [0.2, 0.25) is 0 Å². The number of rotatable bonds is 6. The Bertz CT molecular complexity index is 429. The molecule has 1 saturated heterocycles. The van der Waals surface area contributed by atoms with E-state index in [1.54, 1.807) is 0 Å². The summed E-state index contributed by atoms with van der Waals surface area (Å²) in [5.74, 6) is 0.486. The maximum atomic E-state index is 5.64. The highest BCUT2D eigenvalue weighted by atomic mass is 16.5. The van der Waals surface area contributed by atoms with Gasteiger partial charge in [0.1, 0.15) is 0 Å². The summed E-state index contributed by atoms with van der Waals surface area (Å²) in [7, 11) is 0. The number of nitrogens with zero attached hydrogens (tertiary/aromatic N) is 2. The van der Waals surface area contributed by atoms with Gasteiger partial charge in [0.15, 0.2) is 0 Å². The minimum atomic E-state index is 0.486. The van der Waals surface area contributed by atoms with Gasteiger partial charge in [0.25, 0.3) is 0 Å². The van der Waals surface area contributed by atoms with Crippen molar-refractivity contribution in [2.75, 3.05) is 19.8 Å². The largest absolute Gasteiger partial charge is 0.463 e. The molecule has 1 aliphatic carbocycles. The highest BCUT2D eigenvalue weighted by Crippen LogP contribution is 2.20. The monoisotopic (exact) mass is 263 g/mol. The van der Waals surface area contributed by atoms with Crippen molar-refractivity contribution in [3.8, 4) is 6.01 Å². The molecule has 0 aromatic carbocycles. The molecule has 0 spiro atoms. The van der Waals surface area contributed by atoms with E-state index in [1.807, 2.05) is 13.1 Å². The molecule has 0 radical (unpaired) electrons. The lowest BCUT2D eigenvalue weighted by Gasteiger charge is -2.11. The van der Waals surface area contributed by atoms with Gasteiger partial charge in [0, 0.05) is 42.6 Å². The summed E-state index contributed by atoms with van der Waals surface area (Å²) >= 11 is 0. The Morgan fingerprint density at radius 1 is 1.42 bits per heavy atom. The van der Waals surface area contributed by atoms with Crippen LogP contribution in [0.25, 0.3) is 0 Å². The number of hydrogen-bond donors (Lipinski definition) is 1. The van der Waals surface area contributed by atoms with Crippen LogP contribution in [0.4, 0.5) is 0 Å². The van der Waals surface area contributed by atoms with Gasteiger partial charge in [-0.1, -0.05) is 0 Å². The van der Waals surface area contributed by atoms with Crippen LogP contribution < -0.4 is 10.1 Å². The number of hydrogen-bond acceptors (Lipinski definition) is 5. The molecule has 2 aliphatic rings. The molecule has 1 aliphatic heterocycles. The van der Waals surface area contributed by atoms with Gasteiger partial charge < -0.3 is 14.8 Å².